The van der Waals surface area contributed by atoms with Gasteiger partial charge >= 0.3 is 0 Å². The number of rotatable bonds is 5. The van der Waals surface area contributed by atoms with Gasteiger partial charge in [-0.25, -0.2) is 4.98 Å². The number of nitrogens with two attached hydrogens (primary N) is 1. The van der Waals surface area contributed by atoms with E-state index in [9.17, 15) is 0 Å². The number of nitrogen functional groups attached to an aromatic ring is 1. The molecule has 1 atom stereocenters. The number of hydrogen-bond acceptors (Lipinski definition) is 4. The Kier molecular flexibility index (Phi) is 4.25. The van der Waals surface area contributed by atoms with E-state index in [0.29, 0.717) is 5.82 Å². The Labute approximate surface area is 107 Å². The molecule has 94 valence electrons. The number of likely N-dealkylation sites (N-methyl/N-ethyl adjacent to an activating group) is 1. The van der Waals surface area contributed by atoms with E-state index in [4.69, 9.17) is 5.73 Å². The van der Waals surface area contributed by atoms with Crippen LogP contribution in [0.1, 0.15) is 24.1 Å². The predicted molar refractivity (Wildman–Crippen MR) is 73.0 cm³/mol. The fraction of sp³-hybridized carbons (Fsp3) is 0.286. The van der Waals surface area contributed by atoms with Crippen molar-refractivity contribution in [2.45, 2.75) is 19.4 Å². The fourth-order valence-electron chi connectivity index (χ4n) is 2.02. The normalized spacial score (nSPS) is 12.3. The molecule has 2 heterocycles. The lowest BCUT2D eigenvalue weighted by atomic mass is 10.0. The van der Waals surface area contributed by atoms with Crippen LogP contribution in [-0.4, -0.2) is 16.5 Å². The number of nitrogens with one attached hydrogen (secondary N) is 1. The molecule has 0 aliphatic carbocycles. The minimum Gasteiger partial charge on any atom is -0.383 e. The van der Waals surface area contributed by atoms with E-state index < -0.39 is 0 Å². The number of nitrogens with zero attached hydrogens (tertiary/aromatic N) is 2. The molecule has 0 spiro atoms. The third-order valence-corrected chi connectivity index (χ3v) is 2.86. The highest BCUT2D eigenvalue weighted by molar-refractivity contribution is 5.41. The molecule has 0 radical (unpaired) electrons. The molecule has 3 N–H and O–H groups in total. The number of aromatic nitrogens is 2. The number of hydrogen-bond donors (Lipinski definition) is 2. The first-order valence-electron chi connectivity index (χ1n) is 6.14. The molecule has 4 nitrogen and oxygen atoms in total. The summed E-state index contributed by atoms with van der Waals surface area (Å²) in [5.74, 6) is 0.590. The predicted octanol–water partition coefficient (Wildman–Crippen LogP) is 1.95. The van der Waals surface area contributed by atoms with Crippen LogP contribution in [-0.2, 0) is 6.42 Å². The molecule has 0 amide bonds. The van der Waals surface area contributed by atoms with E-state index in [-0.39, 0.29) is 6.04 Å². The van der Waals surface area contributed by atoms with E-state index in [0.717, 1.165) is 18.5 Å². The van der Waals surface area contributed by atoms with Crippen LogP contribution in [0.2, 0.25) is 0 Å². The van der Waals surface area contributed by atoms with E-state index >= 15 is 0 Å². The largest absolute Gasteiger partial charge is 0.383 e. The lowest BCUT2D eigenvalue weighted by Crippen LogP contribution is -2.24. The van der Waals surface area contributed by atoms with Crippen molar-refractivity contribution in [2.24, 2.45) is 0 Å². The second-order valence-corrected chi connectivity index (χ2v) is 4.15. The standard InChI is InChI=1S/C14H18N4/c1-2-17-13(9-11-5-3-7-16-10-11)12-6-4-8-18-14(12)15/h3-8,10,13,17H,2,9H2,1H3,(H2,15,18). The van der Waals surface area contributed by atoms with E-state index in [1.165, 1.54) is 5.56 Å². The van der Waals surface area contributed by atoms with Gasteiger partial charge in [-0.15, -0.1) is 0 Å². The van der Waals surface area contributed by atoms with Crippen LogP contribution >= 0.6 is 0 Å². The SMILES string of the molecule is CCNC(Cc1cccnc1)c1cccnc1N. The highest BCUT2D eigenvalue weighted by Crippen LogP contribution is 2.21. The van der Waals surface area contributed by atoms with Gasteiger partial charge in [0.1, 0.15) is 5.82 Å². The van der Waals surface area contributed by atoms with Crippen molar-refractivity contribution < 1.29 is 0 Å². The maximum absolute atomic E-state index is 5.94. The van der Waals surface area contributed by atoms with Gasteiger partial charge in [0.15, 0.2) is 0 Å². The lowest BCUT2D eigenvalue weighted by molar-refractivity contribution is 0.549. The molecule has 0 aromatic carbocycles. The summed E-state index contributed by atoms with van der Waals surface area (Å²) < 4.78 is 0. The van der Waals surface area contributed by atoms with Crippen molar-refractivity contribution in [1.29, 1.82) is 0 Å². The summed E-state index contributed by atoms with van der Waals surface area (Å²) in [7, 11) is 0. The summed E-state index contributed by atoms with van der Waals surface area (Å²) >= 11 is 0. The van der Waals surface area contributed by atoms with Gasteiger partial charge in [-0.3, -0.25) is 4.98 Å². The van der Waals surface area contributed by atoms with Crippen LogP contribution in [0, 0.1) is 0 Å². The first kappa shape index (κ1) is 12.5. The van der Waals surface area contributed by atoms with Gasteiger partial charge in [-0.1, -0.05) is 19.1 Å². The Hall–Kier alpha value is -1.94. The monoisotopic (exact) mass is 242 g/mol. The molecule has 0 saturated heterocycles. The molecule has 0 aliphatic heterocycles. The van der Waals surface area contributed by atoms with Gasteiger partial charge in [0.05, 0.1) is 0 Å². The number of anilines is 1. The Morgan fingerprint density at radius 3 is 2.78 bits per heavy atom. The van der Waals surface area contributed by atoms with Gasteiger partial charge in [0, 0.05) is 30.2 Å². The Bertz CT molecular complexity index is 484. The van der Waals surface area contributed by atoms with E-state index in [1.54, 1.807) is 12.4 Å². The van der Waals surface area contributed by atoms with Crippen LogP contribution in [0.4, 0.5) is 5.82 Å². The highest BCUT2D eigenvalue weighted by atomic mass is 14.9. The fourth-order valence-corrected chi connectivity index (χ4v) is 2.02. The first-order valence-corrected chi connectivity index (χ1v) is 6.14. The Morgan fingerprint density at radius 2 is 2.11 bits per heavy atom. The van der Waals surface area contributed by atoms with Crippen molar-refractivity contribution in [1.82, 2.24) is 15.3 Å². The summed E-state index contributed by atoms with van der Waals surface area (Å²) in [5, 5.41) is 3.44. The van der Waals surface area contributed by atoms with Crippen LogP contribution in [0.5, 0.6) is 0 Å². The second-order valence-electron chi connectivity index (χ2n) is 4.15. The van der Waals surface area contributed by atoms with Gasteiger partial charge in [-0.05, 0) is 30.7 Å². The Morgan fingerprint density at radius 1 is 1.28 bits per heavy atom. The zero-order valence-electron chi connectivity index (χ0n) is 10.5. The zero-order valence-corrected chi connectivity index (χ0v) is 10.5. The lowest BCUT2D eigenvalue weighted by Gasteiger charge is -2.19. The van der Waals surface area contributed by atoms with Crippen molar-refractivity contribution >= 4 is 5.82 Å². The van der Waals surface area contributed by atoms with Gasteiger partial charge in [0.2, 0.25) is 0 Å². The van der Waals surface area contributed by atoms with E-state index in [2.05, 4.69) is 28.3 Å². The smallest absolute Gasteiger partial charge is 0.128 e. The maximum atomic E-state index is 5.94. The van der Waals surface area contributed by atoms with Crippen LogP contribution in [0.25, 0.3) is 0 Å². The Balaban J connectivity index is 2.21. The summed E-state index contributed by atoms with van der Waals surface area (Å²) in [4.78, 5) is 8.29. The third kappa shape index (κ3) is 3.05. The molecular weight excluding hydrogens is 224 g/mol. The highest BCUT2D eigenvalue weighted by Gasteiger charge is 2.14. The minimum absolute atomic E-state index is 0.174. The molecule has 0 saturated carbocycles. The van der Waals surface area contributed by atoms with Gasteiger partial charge in [0.25, 0.3) is 0 Å². The zero-order chi connectivity index (χ0) is 12.8. The van der Waals surface area contributed by atoms with Gasteiger partial charge in [-0.2, -0.15) is 0 Å². The molecule has 0 aliphatic rings. The van der Waals surface area contributed by atoms with Gasteiger partial charge < -0.3 is 11.1 Å². The first-order chi connectivity index (χ1) is 8.81. The molecule has 0 bridgehead atoms. The summed E-state index contributed by atoms with van der Waals surface area (Å²) in [6, 6.07) is 8.13. The summed E-state index contributed by atoms with van der Waals surface area (Å²) in [5.41, 5.74) is 8.17. The molecule has 4 heteroatoms. The minimum atomic E-state index is 0.174. The molecular formula is C14H18N4. The van der Waals surface area contributed by atoms with Crippen LogP contribution in [0.3, 0.4) is 0 Å². The van der Waals surface area contributed by atoms with E-state index in [1.807, 2.05) is 24.4 Å². The molecule has 2 aromatic heterocycles. The summed E-state index contributed by atoms with van der Waals surface area (Å²) in [6.45, 7) is 2.97. The average molecular weight is 242 g/mol. The molecule has 18 heavy (non-hydrogen) atoms. The number of pyridine rings is 2. The van der Waals surface area contributed by atoms with Crippen molar-refractivity contribution in [3.8, 4) is 0 Å². The average Bonchev–Trinajstić information content (AvgIpc) is 2.40. The maximum Gasteiger partial charge on any atom is 0.128 e. The summed E-state index contributed by atoms with van der Waals surface area (Å²) in [6.07, 6.45) is 6.24. The molecule has 2 aromatic rings. The van der Waals surface area contributed by atoms with Crippen molar-refractivity contribution in [2.75, 3.05) is 12.3 Å². The van der Waals surface area contributed by atoms with Crippen molar-refractivity contribution in [3.63, 3.8) is 0 Å². The van der Waals surface area contributed by atoms with Crippen molar-refractivity contribution in [3.05, 3.63) is 54.0 Å². The molecule has 0 fully saturated rings. The second kappa shape index (κ2) is 6.12. The third-order valence-electron chi connectivity index (χ3n) is 2.86. The van der Waals surface area contributed by atoms with Crippen LogP contribution < -0.4 is 11.1 Å². The molecule has 2 rings (SSSR count). The molecule has 1 unspecified atom stereocenters. The quantitative estimate of drug-likeness (QED) is 0.841. The van der Waals surface area contributed by atoms with Crippen LogP contribution in [0.15, 0.2) is 42.9 Å². The topological polar surface area (TPSA) is 63.8 Å².